The summed E-state index contributed by atoms with van der Waals surface area (Å²) in [5.41, 5.74) is 0.947. The maximum absolute atomic E-state index is 10.6. The number of carboxylic acid groups (broad SMARTS) is 1. The molecule has 78 valence electrons. The smallest absolute Gasteiger partial charge is 0.335 e. The highest BCUT2D eigenvalue weighted by atomic mass is 35.5. The Balaban J connectivity index is 2.98. The lowest BCUT2D eigenvalue weighted by Gasteiger charge is -2.11. The van der Waals surface area contributed by atoms with Crippen molar-refractivity contribution in [3.05, 3.63) is 35.4 Å². The predicted molar refractivity (Wildman–Crippen MR) is 57.1 cm³/mol. The first-order valence-corrected chi connectivity index (χ1v) is 4.87. The zero-order valence-corrected chi connectivity index (χ0v) is 8.90. The maximum Gasteiger partial charge on any atom is 0.335 e. The SMILES string of the molecule is CC(Cl)C(C#N)c1ccc(C(=O)O)cc1. The summed E-state index contributed by atoms with van der Waals surface area (Å²) < 4.78 is 0. The number of halogens is 1. The second kappa shape index (κ2) is 4.81. The van der Waals surface area contributed by atoms with E-state index in [-0.39, 0.29) is 10.9 Å². The molecule has 3 nitrogen and oxygen atoms in total. The van der Waals surface area contributed by atoms with E-state index < -0.39 is 11.9 Å². The third kappa shape index (κ3) is 2.71. The number of carbonyl (C=O) groups is 1. The summed E-state index contributed by atoms with van der Waals surface area (Å²) in [5, 5.41) is 17.3. The van der Waals surface area contributed by atoms with Crippen LogP contribution in [-0.4, -0.2) is 16.5 Å². The highest BCUT2D eigenvalue weighted by molar-refractivity contribution is 6.21. The molecular weight excluding hydrogens is 214 g/mol. The Morgan fingerprint density at radius 1 is 1.47 bits per heavy atom. The Hall–Kier alpha value is -1.53. The van der Waals surface area contributed by atoms with Crippen molar-refractivity contribution in [3.8, 4) is 6.07 Å². The lowest BCUT2D eigenvalue weighted by Crippen LogP contribution is -2.07. The molecule has 1 aromatic rings. The molecule has 0 aliphatic heterocycles. The molecule has 0 heterocycles. The second-order valence-electron chi connectivity index (χ2n) is 3.21. The van der Waals surface area contributed by atoms with Crippen LogP contribution in [0.15, 0.2) is 24.3 Å². The summed E-state index contributed by atoms with van der Waals surface area (Å²) in [6.07, 6.45) is 0. The van der Waals surface area contributed by atoms with Gasteiger partial charge in [0.15, 0.2) is 0 Å². The van der Waals surface area contributed by atoms with Crippen LogP contribution in [0.3, 0.4) is 0 Å². The van der Waals surface area contributed by atoms with Gasteiger partial charge in [-0.05, 0) is 24.6 Å². The highest BCUT2D eigenvalue weighted by Crippen LogP contribution is 2.23. The molecule has 1 N–H and O–H groups in total. The number of nitrogens with zero attached hydrogens (tertiary/aromatic N) is 1. The molecule has 1 aromatic carbocycles. The average molecular weight is 224 g/mol. The zero-order valence-electron chi connectivity index (χ0n) is 8.14. The number of nitriles is 1. The molecule has 2 unspecified atom stereocenters. The fraction of sp³-hybridized carbons (Fsp3) is 0.273. The second-order valence-corrected chi connectivity index (χ2v) is 3.90. The van der Waals surface area contributed by atoms with Crippen LogP contribution in [0, 0.1) is 11.3 Å². The Bertz CT molecular complexity index is 392. The molecular formula is C11H10ClNO2. The zero-order chi connectivity index (χ0) is 11.4. The first kappa shape index (κ1) is 11.5. The molecule has 0 aliphatic carbocycles. The normalized spacial score (nSPS) is 13.9. The number of benzene rings is 1. The Labute approximate surface area is 92.9 Å². The number of hydrogen-bond acceptors (Lipinski definition) is 2. The largest absolute Gasteiger partial charge is 0.478 e. The maximum atomic E-state index is 10.6. The van der Waals surface area contributed by atoms with Crippen LogP contribution in [0.4, 0.5) is 0 Å². The fourth-order valence-electron chi connectivity index (χ4n) is 1.28. The van der Waals surface area contributed by atoms with Gasteiger partial charge in [-0.25, -0.2) is 4.79 Å². The van der Waals surface area contributed by atoms with E-state index in [4.69, 9.17) is 22.0 Å². The third-order valence-electron chi connectivity index (χ3n) is 2.12. The summed E-state index contributed by atoms with van der Waals surface area (Å²) in [6, 6.07) is 8.28. The summed E-state index contributed by atoms with van der Waals surface area (Å²) in [7, 11) is 0. The van der Waals surface area contributed by atoms with Crippen molar-refractivity contribution < 1.29 is 9.90 Å². The molecule has 0 saturated carbocycles. The van der Waals surface area contributed by atoms with E-state index in [0.29, 0.717) is 0 Å². The number of alkyl halides is 1. The quantitative estimate of drug-likeness (QED) is 0.802. The average Bonchev–Trinajstić information content (AvgIpc) is 2.19. The van der Waals surface area contributed by atoms with Gasteiger partial charge in [0.2, 0.25) is 0 Å². The van der Waals surface area contributed by atoms with Crippen LogP contribution in [0.5, 0.6) is 0 Å². The molecule has 0 aliphatic rings. The highest BCUT2D eigenvalue weighted by Gasteiger charge is 2.16. The van der Waals surface area contributed by atoms with Crippen LogP contribution >= 0.6 is 11.6 Å². The van der Waals surface area contributed by atoms with Crippen molar-refractivity contribution in [3.63, 3.8) is 0 Å². The van der Waals surface area contributed by atoms with Crippen molar-refractivity contribution in [1.29, 1.82) is 5.26 Å². The minimum absolute atomic E-state index is 0.206. The predicted octanol–water partition coefficient (Wildman–Crippen LogP) is 2.62. The molecule has 0 fully saturated rings. The van der Waals surface area contributed by atoms with Gasteiger partial charge in [0, 0.05) is 0 Å². The lowest BCUT2D eigenvalue weighted by atomic mass is 9.97. The van der Waals surface area contributed by atoms with Crippen molar-refractivity contribution in [2.45, 2.75) is 18.2 Å². The van der Waals surface area contributed by atoms with Gasteiger partial charge in [-0.3, -0.25) is 0 Å². The Morgan fingerprint density at radius 3 is 2.33 bits per heavy atom. The Morgan fingerprint density at radius 2 is 2.00 bits per heavy atom. The number of aromatic carboxylic acids is 1. The van der Waals surface area contributed by atoms with Crippen LogP contribution in [0.25, 0.3) is 0 Å². The fourth-order valence-corrected chi connectivity index (χ4v) is 1.48. The van der Waals surface area contributed by atoms with Crippen LogP contribution in [-0.2, 0) is 0 Å². The van der Waals surface area contributed by atoms with E-state index in [2.05, 4.69) is 6.07 Å². The van der Waals surface area contributed by atoms with Gasteiger partial charge in [0.25, 0.3) is 0 Å². The van der Waals surface area contributed by atoms with E-state index in [9.17, 15) is 4.79 Å². The molecule has 15 heavy (non-hydrogen) atoms. The van der Waals surface area contributed by atoms with Crippen molar-refractivity contribution in [2.24, 2.45) is 0 Å². The van der Waals surface area contributed by atoms with Gasteiger partial charge in [-0.15, -0.1) is 11.6 Å². The number of rotatable bonds is 3. The van der Waals surface area contributed by atoms with Crippen molar-refractivity contribution in [1.82, 2.24) is 0 Å². The van der Waals surface area contributed by atoms with Gasteiger partial charge in [-0.1, -0.05) is 12.1 Å². The lowest BCUT2D eigenvalue weighted by molar-refractivity contribution is 0.0697. The molecule has 0 saturated heterocycles. The molecule has 4 heteroatoms. The van der Waals surface area contributed by atoms with Gasteiger partial charge < -0.3 is 5.11 Å². The van der Waals surface area contributed by atoms with E-state index in [0.717, 1.165) is 5.56 Å². The first-order valence-electron chi connectivity index (χ1n) is 4.43. The monoisotopic (exact) mass is 223 g/mol. The van der Waals surface area contributed by atoms with E-state index >= 15 is 0 Å². The molecule has 0 spiro atoms. The molecule has 0 bridgehead atoms. The van der Waals surface area contributed by atoms with E-state index in [1.165, 1.54) is 12.1 Å². The third-order valence-corrected chi connectivity index (χ3v) is 2.37. The topological polar surface area (TPSA) is 61.1 Å². The van der Waals surface area contributed by atoms with Gasteiger partial charge >= 0.3 is 5.97 Å². The van der Waals surface area contributed by atoms with E-state index in [1.807, 2.05) is 0 Å². The van der Waals surface area contributed by atoms with Crippen LogP contribution in [0.1, 0.15) is 28.8 Å². The summed E-state index contributed by atoms with van der Waals surface area (Å²) in [5.74, 6) is -1.39. The van der Waals surface area contributed by atoms with Crippen LogP contribution < -0.4 is 0 Å². The summed E-state index contributed by atoms with van der Waals surface area (Å²) in [4.78, 5) is 10.6. The molecule has 0 radical (unpaired) electrons. The van der Waals surface area contributed by atoms with Crippen molar-refractivity contribution >= 4 is 17.6 Å². The minimum atomic E-state index is -0.978. The first-order chi connectivity index (χ1) is 7.06. The molecule has 0 aromatic heterocycles. The van der Waals surface area contributed by atoms with Gasteiger partial charge in [-0.2, -0.15) is 5.26 Å². The number of hydrogen-bond donors (Lipinski definition) is 1. The standard InChI is InChI=1S/C11H10ClNO2/c1-7(12)10(6-13)8-2-4-9(5-3-8)11(14)15/h2-5,7,10H,1H3,(H,14,15). The van der Waals surface area contributed by atoms with E-state index in [1.54, 1.807) is 19.1 Å². The molecule has 2 atom stereocenters. The van der Waals surface area contributed by atoms with Crippen LogP contribution in [0.2, 0.25) is 0 Å². The summed E-state index contributed by atoms with van der Waals surface area (Å²) >= 11 is 5.84. The Kier molecular flexibility index (Phi) is 3.70. The van der Waals surface area contributed by atoms with Crippen molar-refractivity contribution in [2.75, 3.05) is 0 Å². The minimum Gasteiger partial charge on any atom is -0.478 e. The molecule has 1 rings (SSSR count). The molecule has 0 amide bonds. The van der Waals surface area contributed by atoms with Gasteiger partial charge in [0.05, 0.1) is 22.9 Å². The summed E-state index contributed by atoms with van der Waals surface area (Å²) in [6.45, 7) is 1.74. The van der Waals surface area contributed by atoms with Gasteiger partial charge in [0.1, 0.15) is 0 Å². The number of carboxylic acids is 1.